The van der Waals surface area contributed by atoms with E-state index in [-0.39, 0.29) is 35.3 Å². The van der Waals surface area contributed by atoms with Crippen LogP contribution >= 0.6 is 11.5 Å². The molecule has 6 rings (SSSR count). The molecule has 52 heavy (non-hydrogen) atoms. The van der Waals surface area contributed by atoms with Gasteiger partial charge in [0, 0.05) is 32.0 Å². The van der Waals surface area contributed by atoms with Crippen molar-refractivity contribution in [2.24, 2.45) is 11.8 Å². The van der Waals surface area contributed by atoms with Gasteiger partial charge in [0.1, 0.15) is 20.0 Å². The highest BCUT2D eigenvalue weighted by atomic mass is 32.2. The number of sulfone groups is 2. The number of hydrogen-bond donors (Lipinski definition) is 2. The lowest BCUT2D eigenvalue weighted by atomic mass is 10.0. The van der Waals surface area contributed by atoms with Gasteiger partial charge >= 0.3 is 6.01 Å². The van der Waals surface area contributed by atoms with Crippen LogP contribution in [0.5, 0.6) is 0 Å². The molecule has 0 atom stereocenters. The third kappa shape index (κ3) is 9.41. The van der Waals surface area contributed by atoms with E-state index in [1.165, 1.54) is 27.7 Å². The Kier molecular flexibility index (Phi) is 12.5. The topological polar surface area (TPSA) is 197 Å². The Hall–Kier alpha value is -3.77. The first-order valence-electron chi connectivity index (χ1n) is 17.1. The summed E-state index contributed by atoms with van der Waals surface area (Å²) in [6.07, 6.45) is 2.79. The summed E-state index contributed by atoms with van der Waals surface area (Å²) in [7, 11) is -7.29. The van der Waals surface area contributed by atoms with Gasteiger partial charge in [-0.3, -0.25) is 20.2 Å². The zero-order valence-electron chi connectivity index (χ0n) is 29.7. The van der Waals surface area contributed by atoms with Gasteiger partial charge in [-0.15, -0.1) is 0 Å². The van der Waals surface area contributed by atoms with Crippen molar-refractivity contribution in [3.8, 4) is 10.6 Å². The van der Waals surface area contributed by atoms with Crippen molar-refractivity contribution >= 4 is 66.1 Å². The Labute approximate surface area is 308 Å². The van der Waals surface area contributed by atoms with E-state index in [9.17, 15) is 26.4 Å². The summed E-state index contributed by atoms with van der Waals surface area (Å²) >= 11 is 1.15. The van der Waals surface area contributed by atoms with Gasteiger partial charge in [-0.25, -0.2) is 16.8 Å². The number of aromatic nitrogens is 3. The molecule has 4 heterocycles. The number of hydrogen-bond acceptors (Lipinski definition) is 13. The van der Waals surface area contributed by atoms with Crippen LogP contribution in [0, 0.1) is 11.8 Å². The standard InChI is InChI=1S/C18H23N3O4S2.C17H22N2O5S/c1-18(2,27(23,24)12-13-8-10-25-11-9-13)16(22)20-17-19-15(26-21-17)14-6-4-3-5-7-14;1-17(2,25(21,22)11-12-7-9-23-10-8-12)15(20)19-16-18-13-5-3-4-6-14(13)24-16/h3-7,13H,8-12H2,1-2H3,(H,20,21,22);3-6,12H,7-11H2,1-2H3,(H,18,19,20). The summed E-state index contributed by atoms with van der Waals surface area (Å²) in [5, 5.41) is 5.72. The summed E-state index contributed by atoms with van der Waals surface area (Å²) in [6.45, 7) is 7.96. The van der Waals surface area contributed by atoms with Gasteiger partial charge in [0.05, 0.1) is 11.5 Å². The van der Waals surface area contributed by atoms with Crippen LogP contribution in [0.1, 0.15) is 53.4 Å². The summed E-state index contributed by atoms with van der Waals surface area (Å²) in [5.74, 6) is -1.13. The first-order valence-corrected chi connectivity index (χ1v) is 21.1. The van der Waals surface area contributed by atoms with Crippen molar-refractivity contribution in [3.63, 3.8) is 0 Å². The van der Waals surface area contributed by atoms with E-state index >= 15 is 0 Å². The Morgan fingerprint density at radius 3 is 1.77 bits per heavy atom. The van der Waals surface area contributed by atoms with E-state index < -0.39 is 41.0 Å². The average molecular weight is 776 g/mol. The minimum Gasteiger partial charge on any atom is -0.423 e. The summed E-state index contributed by atoms with van der Waals surface area (Å²) < 4.78 is 68.2. The van der Waals surface area contributed by atoms with E-state index in [4.69, 9.17) is 13.9 Å². The molecule has 0 spiro atoms. The Bertz CT molecular complexity index is 2020. The molecule has 0 unspecified atom stereocenters. The van der Waals surface area contributed by atoms with Gasteiger partial charge in [-0.05, 0) is 88.9 Å². The molecular formula is C35H45N5O9S3. The lowest BCUT2D eigenvalue weighted by Gasteiger charge is -2.27. The van der Waals surface area contributed by atoms with Crippen LogP contribution in [0.15, 0.2) is 59.0 Å². The molecule has 0 bridgehead atoms. The molecular weight excluding hydrogens is 731 g/mol. The number of nitrogens with zero attached hydrogens (tertiary/aromatic N) is 3. The largest absolute Gasteiger partial charge is 0.423 e. The van der Waals surface area contributed by atoms with E-state index in [0.717, 1.165) is 17.1 Å². The first-order chi connectivity index (χ1) is 24.6. The molecule has 2 N–H and O–H groups in total. The minimum absolute atomic E-state index is 0.000501. The maximum absolute atomic E-state index is 12.8. The second-order valence-corrected chi connectivity index (χ2v) is 19.8. The highest BCUT2D eigenvalue weighted by Crippen LogP contribution is 2.29. The van der Waals surface area contributed by atoms with E-state index in [1.807, 2.05) is 30.3 Å². The number of ether oxygens (including phenoxy) is 2. The summed E-state index contributed by atoms with van der Waals surface area (Å²) in [5.41, 5.74) is 2.02. The number of nitrogens with one attached hydrogen (secondary N) is 2. The second-order valence-electron chi connectivity index (χ2n) is 13.9. The number of anilines is 2. The maximum atomic E-state index is 12.8. The molecule has 4 aromatic rings. The molecule has 2 aliphatic heterocycles. The van der Waals surface area contributed by atoms with E-state index in [2.05, 4.69) is 25.0 Å². The zero-order chi connectivity index (χ0) is 37.6. The van der Waals surface area contributed by atoms with Gasteiger partial charge in [0.2, 0.25) is 17.8 Å². The number of carbonyl (C=O) groups excluding carboxylic acids is 2. The van der Waals surface area contributed by atoms with Crippen LogP contribution in [-0.2, 0) is 38.7 Å². The van der Waals surface area contributed by atoms with Gasteiger partial charge in [0.25, 0.3) is 0 Å². The second kappa shape index (κ2) is 16.5. The van der Waals surface area contributed by atoms with Crippen LogP contribution in [-0.4, -0.2) is 90.4 Å². The van der Waals surface area contributed by atoms with Crippen molar-refractivity contribution in [2.45, 2.75) is 62.9 Å². The Morgan fingerprint density at radius 1 is 0.731 bits per heavy atom. The molecule has 2 aromatic heterocycles. The number of amides is 2. The molecule has 0 aliphatic carbocycles. The Morgan fingerprint density at radius 2 is 1.23 bits per heavy atom. The van der Waals surface area contributed by atoms with Crippen LogP contribution < -0.4 is 10.6 Å². The zero-order valence-corrected chi connectivity index (χ0v) is 32.1. The number of carbonyl (C=O) groups is 2. The van der Waals surface area contributed by atoms with Crippen LogP contribution in [0.3, 0.4) is 0 Å². The fraction of sp³-hybridized carbons (Fsp3) is 0.514. The molecule has 282 valence electrons. The van der Waals surface area contributed by atoms with Gasteiger partial charge in [-0.1, -0.05) is 42.5 Å². The fourth-order valence-corrected chi connectivity index (χ4v) is 9.58. The predicted octanol–water partition coefficient (Wildman–Crippen LogP) is 5.15. The molecule has 2 aliphatic rings. The summed E-state index contributed by atoms with van der Waals surface area (Å²) in [6, 6.07) is 16.6. The normalized spacial score (nSPS) is 16.5. The van der Waals surface area contributed by atoms with Gasteiger partial charge in [0.15, 0.2) is 25.3 Å². The monoisotopic (exact) mass is 775 g/mol. The maximum Gasteiger partial charge on any atom is 0.302 e. The fourth-order valence-electron chi connectivity index (χ4n) is 5.54. The number of benzene rings is 2. The van der Waals surface area contributed by atoms with Crippen molar-refractivity contribution in [1.82, 2.24) is 14.3 Å². The number of fused-ring (bicyclic) bond motifs is 1. The first kappa shape index (κ1) is 39.4. The molecule has 2 aromatic carbocycles. The highest BCUT2D eigenvalue weighted by Gasteiger charge is 2.44. The molecule has 0 saturated carbocycles. The molecule has 0 radical (unpaired) electrons. The lowest BCUT2D eigenvalue weighted by molar-refractivity contribution is -0.118. The van der Waals surface area contributed by atoms with Crippen LogP contribution in [0.2, 0.25) is 0 Å². The third-order valence-corrected chi connectivity index (χ3v) is 15.5. The number of rotatable bonds is 11. The minimum atomic E-state index is -3.65. The van der Waals surface area contributed by atoms with Crippen molar-refractivity contribution in [2.75, 3.05) is 48.6 Å². The van der Waals surface area contributed by atoms with Gasteiger partial charge in [-0.2, -0.15) is 14.3 Å². The van der Waals surface area contributed by atoms with Gasteiger partial charge < -0.3 is 13.9 Å². The predicted molar refractivity (Wildman–Crippen MR) is 199 cm³/mol. The molecule has 17 heteroatoms. The lowest BCUT2D eigenvalue weighted by Crippen LogP contribution is -2.47. The molecule has 2 amide bonds. The average Bonchev–Trinajstić information content (AvgIpc) is 3.76. The highest BCUT2D eigenvalue weighted by molar-refractivity contribution is 7.93. The molecule has 2 saturated heterocycles. The quantitative estimate of drug-likeness (QED) is 0.204. The van der Waals surface area contributed by atoms with E-state index in [1.54, 1.807) is 24.3 Å². The van der Waals surface area contributed by atoms with Crippen molar-refractivity contribution < 1.29 is 40.3 Å². The van der Waals surface area contributed by atoms with Crippen LogP contribution in [0.25, 0.3) is 21.7 Å². The van der Waals surface area contributed by atoms with Crippen molar-refractivity contribution in [3.05, 3.63) is 54.6 Å². The molecule has 14 nitrogen and oxygen atoms in total. The third-order valence-electron chi connectivity index (χ3n) is 9.43. The number of oxazole rings is 1. The molecule has 2 fully saturated rings. The SMILES string of the molecule is CC(C)(C(=O)Nc1nc2ccccc2o1)S(=O)(=O)CC1CCOCC1.CC(C)(C(=O)Nc1nsc(-c2ccccc2)n1)S(=O)(=O)CC1CCOCC1. The summed E-state index contributed by atoms with van der Waals surface area (Å²) in [4.78, 5) is 33.7. The van der Waals surface area contributed by atoms with E-state index in [0.29, 0.717) is 68.2 Å². The Balaban J connectivity index is 0.000000202. The number of para-hydroxylation sites is 2. The van der Waals surface area contributed by atoms with Crippen LogP contribution in [0.4, 0.5) is 12.0 Å². The van der Waals surface area contributed by atoms with Crippen molar-refractivity contribution in [1.29, 1.82) is 0 Å². The smallest absolute Gasteiger partial charge is 0.302 e.